The molecule has 0 saturated heterocycles. The second kappa shape index (κ2) is 26.6. The Labute approximate surface area is 437 Å². The summed E-state index contributed by atoms with van der Waals surface area (Å²) in [5.41, 5.74) is 22.5. The van der Waals surface area contributed by atoms with E-state index in [-0.39, 0.29) is 11.9 Å². The molecule has 4 aromatic carbocycles. The summed E-state index contributed by atoms with van der Waals surface area (Å²) in [7, 11) is 0. The third-order valence-electron chi connectivity index (χ3n) is 12.1. The monoisotopic (exact) mass is 1000 g/mol. The highest BCUT2D eigenvalue weighted by molar-refractivity contribution is 5.67. The van der Waals surface area contributed by atoms with Gasteiger partial charge in [0.05, 0.1) is 26.4 Å². The molecule has 0 radical (unpaired) electrons. The molecule has 6 aromatic rings. The van der Waals surface area contributed by atoms with Gasteiger partial charge in [-0.15, -0.1) is 12.8 Å². The molecule has 0 saturated carbocycles. The molecule has 74 heavy (non-hydrogen) atoms. The van der Waals surface area contributed by atoms with Crippen LogP contribution in [0.25, 0.3) is 0 Å². The third-order valence-corrected chi connectivity index (χ3v) is 12.1. The molecule has 8 N–H and O–H groups in total. The van der Waals surface area contributed by atoms with E-state index in [1.807, 2.05) is 24.3 Å². The first-order chi connectivity index (χ1) is 36.1. The van der Waals surface area contributed by atoms with Gasteiger partial charge in [0.1, 0.15) is 23.0 Å². The van der Waals surface area contributed by atoms with E-state index in [1.165, 1.54) is 0 Å². The Balaban J connectivity index is 1.51. The summed E-state index contributed by atoms with van der Waals surface area (Å²) in [4.78, 5) is 27.2. The Hall–Kier alpha value is -7.98. The number of rotatable bonds is 24. The Morgan fingerprint density at radius 3 is 0.973 bits per heavy atom. The second-order valence-corrected chi connectivity index (χ2v) is 18.4. The van der Waals surface area contributed by atoms with Gasteiger partial charge in [0, 0.05) is 106 Å². The van der Waals surface area contributed by atoms with Crippen LogP contribution in [0, 0.1) is 24.7 Å². The molecule has 8 bridgehead atoms. The zero-order chi connectivity index (χ0) is 52.4. The number of aromatic nitrogens is 6. The zero-order valence-corrected chi connectivity index (χ0v) is 44.0. The summed E-state index contributed by atoms with van der Waals surface area (Å²) in [6.45, 7) is 16.0. The van der Waals surface area contributed by atoms with Crippen molar-refractivity contribution in [3.63, 3.8) is 0 Å². The van der Waals surface area contributed by atoms with E-state index in [2.05, 4.69) is 119 Å². The highest BCUT2D eigenvalue weighted by Crippen LogP contribution is 2.42. The molecule has 16 heteroatoms. The van der Waals surface area contributed by atoms with Crippen molar-refractivity contribution < 1.29 is 18.9 Å². The van der Waals surface area contributed by atoms with E-state index in [4.69, 9.17) is 53.2 Å². The molecule has 0 aliphatic heterocycles. The van der Waals surface area contributed by atoms with Crippen molar-refractivity contribution in [3.05, 3.63) is 104 Å². The Kier molecular flexibility index (Phi) is 19.4. The van der Waals surface area contributed by atoms with Gasteiger partial charge in [-0.2, -0.15) is 29.9 Å². The number of hydrogen-bond donors (Lipinski definition) is 6. The summed E-state index contributed by atoms with van der Waals surface area (Å²) >= 11 is 0. The Morgan fingerprint density at radius 2 is 0.703 bits per heavy atom. The summed E-state index contributed by atoms with van der Waals surface area (Å²) in [5.74, 6) is 10.4. The van der Waals surface area contributed by atoms with Gasteiger partial charge in [-0.3, -0.25) is 0 Å². The first-order valence-corrected chi connectivity index (χ1v) is 26.2. The Morgan fingerprint density at radius 1 is 0.419 bits per heavy atom. The van der Waals surface area contributed by atoms with Crippen LogP contribution < -0.4 is 51.7 Å². The number of hydrogen-bond acceptors (Lipinski definition) is 16. The molecule has 0 amide bonds. The summed E-state index contributed by atoms with van der Waals surface area (Å²) in [6.07, 6.45) is 21.3. The molecule has 0 fully saturated rings. The number of nitrogens with one attached hydrogen (secondary N) is 4. The summed E-state index contributed by atoms with van der Waals surface area (Å²) < 4.78 is 27.3. The molecule has 2 heterocycles. The highest BCUT2D eigenvalue weighted by Gasteiger charge is 2.25. The third kappa shape index (κ3) is 14.2. The lowest BCUT2D eigenvalue weighted by atomic mass is 9.89. The van der Waals surface area contributed by atoms with Crippen LogP contribution in [0.1, 0.15) is 149 Å². The maximum atomic E-state index is 6.84. The maximum absolute atomic E-state index is 6.84. The molecule has 0 spiro atoms. The number of terminal acetylenes is 2. The van der Waals surface area contributed by atoms with Crippen LogP contribution >= 0.6 is 0 Å². The molecule has 0 unspecified atom stereocenters. The molecular formula is C58H72N12O4. The second-order valence-electron chi connectivity index (χ2n) is 18.4. The average molecular weight is 1000 g/mol. The number of ether oxygens (including phenoxy) is 4. The van der Waals surface area contributed by atoms with Crippen molar-refractivity contribution in [2.24, 2.45) is 0 Å². The quantitative estimate of drug-likeness (QED) is 0.0245. The first-order valence-electron chi connectivity index (χ1n) is 26.2. The predicted molar refractivity (Wildman–Crippen MR) is 298 cm³/mol. The molecular weight excluding hydrogens is 929 g/mol. The molecule has 16 nitrogen and oxygen atoms in total. The van der Waals surface area contributed by atoms with Gasteiger partial charge >= 0.3 is 0 Å². The fraction of sp³-hybridized carbons (Fsp3) is 0.414. The van der Waals surface area contributed by atoms with Crippen molar-refractivity contribution in [2.75, 3.05) is 72.3 Å². The van der Waals surface area contributed by atoms with Gasteiger partial charge in [0.2, 0.25) is 35.7 Å². The minimum atomic E-state index is 0.0922. The van der Waals surface area contributed by atoms with Crippen molar-refractivity contribution in [2.45, 2.75) is 119 Å². The summed E-state index contributed by atoms with van der Waals surface area (Å²) in [6, 6.07) is 16.4. The normalized spacial score (nSPS) is 11.7. The van der Waals surface area contributed by atoms with Gasteiger partial charge in [0.25, 0.3) is 0 Å². The average Bonchev–Trinajstić information content (AvgIpc) is 3.37. The highest BCUT2D eigenvalue weighted by atomic mass is 16.5. The van der Waals surface area contributed by atoms with E-state index < -0.39 is 0 Å². The van der Waals surface area contributed by atoms with Crippen LogP contribution in [0.3, 0.4) is 0 Å². The minimum absolute atomic E-state index is 0.0922. The van der Waals surface area contributed by atoms with Crippen LogP contribution in [0.5, 0.6) is 23.0 Å². The minimum Gasteiger partial charge on any atom is -0.493 e. The van der Waals surface area contributed by atoms with Crippen molar-refractivity contribution in [1.82, 2.24) is 29.9 Å². The number of fused-ring (bicyclic) bond motifs is 8. The van der Waals surface area contributed by atoms with Crippen molar-refractivity contribution in [3.8, 4) is 47.7 Å². The van der Waals surface area contributed by atoms with E-state index in [9.17, 15) is 0 Å². The SMILES string of the molecule is C#Cc1cc2c(OCCC)c(c1)Cc1cc(Nc3nc(N)nc(NCCCC)n3)cc(c1OCCC)Cc1cc(C#C)cc(c1OCCC)Cc1cc(Nc3nc(N)nc(NCCCC)n3)cc(c1OCCC)C2. The topological polar surface area (TPSA) is 214 Å². The molecule has 0 atom stereocenters. The van der Waals surface area contributed by atoms with Crippen LogP contribution in [-0.2, 0) is 25.7 Å². The summed E-state index contributed by atoms with van der Waals surface area (Å²) in [5, 5.41) is 13.5. The largest absolute Gasteiger partial charge is 0.493 e. The van der Waals surface area contributed by atoms with Crippen molar-refractivity contribution >= 4 is 47.1 Å². The van der Waals surface area contributed by atoms with E-state index in [0.29, 0.717) is 100 Å². The van der Waals surface area contributed by atoms with Gasteiger partial charge in [-0.05, 0) is 87.1 Å². The number of nitrogens with zero attached hydrogens (tertiary/aromatic N) is 6. The molecule has 7 rings (SSSR count). The van der Waals surface area contributed by atoms with Gasteiger partial charge in [-0.1, -0.05) is 66.2 Å². The van der Waals surface area contributed by atoms with E-state index in [0.717, 1.165) is 130 Å². The van der Waals surface area contributed by atoms with E-state index >= 15 is 0 Å². The number of benzene rings is 4. The lowest BCUT2D eigenvalue weighted by Gasteiger charge is -2.24. The van der Waals surface area contributed by atoms with Gasteiger partial charge in [0.15, 0.2) is 0 Å². The lowest BCUT2D eigenvalue weighted by molar-refractivity contribution is 0.304. The van der Waals surface area contributed by atoms with E-state index in [1.54, 1.807) is 0 Å². The van der Waals surface area contributed by atoms with Gasteiger partial charge < -0.3 is 51.7 Å². The molecule has 2 aromatic heterocycles. The lowest BCUT2D eigenvalue weighted by Crippen LogP contribution is -2.12. The van der Waals surface area contributed by atoms with Crippen LogP contribution in [0.2, 0.25) is 0 Å². The Bertz CT molecular complexity index is 2670. The first kappa shape index (κ1) is 53.8. The fourth-order valence-corrected chi connectivity index (χ4v) is 8.82. The maximum Gasteiger partial charge on any atom is 0.233 e. The predicted octanol–water partition coefficient (Wildman–Crippen LogP) is 10.9. The van der Waals surface area contributed by atoms with Crippen molar-refractivity contribution in [1.29, 1.82) is 0 Å². The van der Waals surface area contributed by atoms with Crippen LogP contribution in [0.15, 0.2) is 48.5 Å². The smallest absolute Gasteiger partial charge is 0.233 e. The molecule has 1 aliphatic carbocycles. The standard InChI is InChI=1S/C58H72N12O4/c1-9-17-19-61-55-65-53(59)67-57(69-55)63-47-33-43-29-39-25-37(15-7)27-41(49(39)71-21-11-3)31-45-35-48(64-58-68-54(60)66-56(70-58)62-20-18-10-2)36-46(52(45)74-24-14-6)32-42-28-38(16-8)26-40(50(42)72-22-12-4)30-44(34-47)51(43)73-23-13-5/h7-8,25-28,33-36H,9-14,17-24,29-32H2,1-6H3,(H4,59,61,63,65,67,69)(H4,60,62,64,66,68,70). The number of nitrogen functional groups attached to an aromatic ring is 2. The van der Waals surface area contributed by atoms with Crippen LogP contribution in [0.4, 0.5) is 47.1 Å². The molecule has 1 aliphatic rings. The molecule has 388 valence electrons. The zero-order valence-electron chi connectivity index (χ0n) is 44.0. The van der Waals surface area contributed by atoms with Gasteiger partial charge in [-0.25, -0.2) is 0 Å². The number of nitrogens with two attached hydrogens (primary N) is 2. The fourth-order valence-electron chi connectivity index (χ4n) is 8.82. The van der Waals surface area contributed by atoms with Crippen LogP contribution in [-0.4, -0.2) is 69.4 Å². The number of unbranched alkanes of at least 4 members (excludes halogenated alkanes) is 2. The number of anilines is 8.